The zero-order valence-corrected chi connectivity index (χ0v) is 21.1. The molecule has 0 aliphatic carbocycles. The van der Waals surface area contributed by atoms with Gasteiger partial charge in [-0.2, -0.15) is 18.3 Å². The number of hydrogen-bond acceptors (Lipinski definition) is 4. The van der Waals surface area contributed by atoms with Crippen molar-refractivity contribution in [2.45, 2.75) is 25.6 Å². The molecule has 7 nitrogen and oxygen atoms in total. The van der Waals surface area contributed by atoms with E-state index in [0.717, 1.165) is 6.07 Å². The van der Waals surface area contributed by atoms with Crippen molar-refractivity contribution >= 4 is 17.2 Å². The molecule has 0 atom stereocenters. The van der Waals surface area contributed by atoms with E-state index in [-0.39, 0.29) is 17.0 Å². The number of alkyl halides is 3. The third-order valence-electron chi connectivity index (χ3n) is 6.28. The average Bonchev–Trinajstić information content (AvgIpc) is 3.50. The van der Waals surface area contributed by atoms with E-state index in [2.05, 4.69) is 15.4 Å². The van der Waals surface area contributed by atoms with Crippen molar-refractivity contribution in [2.75, 3.05) is 5.32 Å². The van der Waals surface area contributed by atoms with Crippen LogP contribution in [-0.2, 0) is 18.8 Å². The minimum Gasteiger partial charge on any atom is -0.384 e. The van der Waals surface area contributed by atoms with Crippen LogP contribution in [0.4, 0.5) is 23.2 Å². The van der Waals surface area contributed by atoms with E-state index in [1.54, 1.807) is 54.8 Å². The Bertz CT molecular complexity index is 1700. The number of carbonyl (C=O) groups excluding carboxylic acids is 1. The summed E-state index contributed by atoms with van der Waals surface area (Å²) in [5.74, 6) is -2.32. The SMILES string of the molecule is Cn1ccc(-c2cc(C(=O)Nc3c(-c4ccccc4)ccn4c(C(C)(C)O)cnc34)c(F)cc2C(F)(F)F)n1. The molecule has 200 valence electrons. The van der Waals surface area contributed by atoms with Gasteiger partial charge in [0.05, 0.1) is 34.4 Å². The highest BCUT2D eigenvalue weighted by molar-refractivity contribution is 6.09. The van der Waals surface area contributed by atoms with Gasteiger partial charge in [-0.1, -0.05) is 30.3 Å². The molecule has 11 heteroatoms. The van der Waals surface area contributed by atoms with Crippen LogP contribution in [0.1, 0.15) is 35.5 Å². The van der Waals surface area contributed by atoms with E-state index in [4.69, 9.17) is 0 Å². The largest absolute Gasteiger partial charge is 0.417 e. The van der Waals surface area contributed by atoms with Crippen molar-refractivity contribution in [1.82, 2.24) is 19.2 Å². The summed E-state index contributed by atoms with van der Waals surface area (Å²) in [7, 11) is 1.53. The lowest BCUT2D eigenvalue weighted by atomic mass is 9.99. The predicted octanol–water partition coefficient (Wildman–Crippen LogP) is 6.04. The molecule has 5 rings (SSSR count). The molecule has 5 aromatic rings. The van der Waals surface area contributed by atoms with Crippen LogP contribution < -0.4 is 5.32 Å². The first-order chi connectivity index (χ1) is 18.3. The van der Waals surface area contributed by atoms with Crippen LogP contribution in [0.5, 0.6) is 0 Å². The Labute approximate surface area is 220 Å². The lowest BCUT2D eigenvalue weighted by Crippen LogP contribution is -2.19. The Hall–Kier alpha value is -4.51. The average molecular weight is 538 g/mol. The summed E-state index contributed by atoms with van der Waals surface area (Å²) in [5.41, 5.74) is -1.45. The minimum atomic E-state index is -4.88. The Morgan fingerprint density at radius 1 is 1.00 bits per heavy atom. The molecule has 0 radical (unpaired) electrons. The number of imidazole rings is 1. The number of nitrogens with one attached hydrogen (secondary N) is 1. The molecule has 3 aromatic heterocycles. The molecular formula is C28H23F4N5O2. The quantitative estimate of drug-likeness (QED) is 0.268. The molecule has 0 aliphatic rings. The first-order valence-corrected chi connectivity index (χ1v) is 11.8. The highest BCUT2D eigenvalue weighted by atomic mass is 19.4. The standard InChI is InChI=1S/C28H23F4N5O2/c1-27(2,39)23-15-33-25-24(17(9-12-37(23)25)16-7-5-4-6-8-16)34-26(38)19-13-18(22-10-11-36(3)35-22)20(14-21(19)29)28(30,31)32/h4-15,39H,1-3H3,(H,34,38). The van der Waals surface area contributed by atoms with E-state index in [1.165, 1.54) is 30.2 Å². The normalized spacial score (nSPS) is 12.2. The molecule has 2 aromatic carbocycles. The van der Waals surface area contributed by atoms with Crippen LogP contribution in [0.15, 0.2) is 73.2 Å². The van der Waals surface area contributed by atoms with Crippen LogP contribution in [0.3, 0.4) is 0 Å². The second kappa shape index (κ2) is 9.35. The van der Waals surface area contributed by atoms with Crippen LogP contribution in [0, 0.1) is 5.82 Å². The fourth-order valence-electron chi connectivity index (χ4n) is 4.42. The van der Waals surface area contributed by atoms with Gasteiger partial charge in [0.2, 0.25) is 0 Å². The number of carbonyl (C=O) groups is 1. The van der Waals surface area contributed by atoms with E-state index >= 15 is 4.39 Å². The van der Waals surface area contributed by atoms with Gasteiger partial charge < -0.3 is 10.4 Å². The fourth-order valence-corrected chi connectivity index (χ4v) is 4.42. The molecule has 0 aliphatic heterocycles. The van der Waals surface area contributed by atoms with Crippen molar-refractivity contribution in [1.29, 1.82) is 0 Å². The van der Waals surface area contributed by atoms with Gasteiger partial charge in [-0.05, 0) is 43.7 Å². The number of hydrogen-bond donors (Lipinski definition) is 2. The van der Waals surface area contributed by atoms with Gasteiger partial charge in [0.25, 0.3) is 5.91 Å². The Balaban J connectivity index is 1.67. The number of rotatable bonds is 5. The topological polar surface area (TPSA) is 84.5 Å². The number of benzene rings is 2. The van der Waals surface area contributed by atoms with E-state index in [0.29, 0.717) is 22.9 Å². The van der Waals surface area contributed by atoms with Crippen molar-refractivity contribution in [3.63, 3.8) is 0 Å². The Morgan fingerprint density at radius 3 is 2.33 bits per heavy atom. The fraction of sp³-hybridized carbons (Fsp3) is 0.179. The molecule has 0 saturated heterocycles. The molecule has 0 spiro atoms. The summed E-state index contributed by atoms with van der Waals surface area (Å²) < 4.78 is 59.3. The zero-order chi connectivity index (χ0) is 28.1. The molecule has 0 fully saturated rings. The number of nitrogens with zero attached hydrogens (tertiary/aromatic N) is 4. The number of aryl methyl sites for hydroxylation is 1. The van der Waals surface area contributed by atoms with E-state index in [9.17, 15) is 23.1 Å². The lowest BCUT2D eigenvalue weighted by Gasteiger charge is -2.19. The maximum Gasteiger partial charge on any atom is 0.417 e. The van der Waals surface area contributed by atoms with Crippen LogP contribution in [0.2, 0.25) is 0 Å². The maximum absolute atomic E-state index is 15.1. The molecule has 39 heavy (non-hydrogen) atoms. The molecule has 2 N–H and O–H groups in total. The summed E-state index contributed by atoms with van der Waals surface area (Å²) in [6.07, 6.45) is -0.286. The molecule has 0 unspecified atom stereocenters. The monoisotopic (exact) mass is 537 g/mol. The van der Waals surface area contributed by atoms with Crippen molar-refractivity contribution in [3.05, 3.63) is 95.8 Å². The second-order valence-corrected chi connectivity index (χ2v) is 9.57. The number of anilines is 1. The number of halogens is 4. The van der Waals surface area contributed by atoms with Crippen LogP contribution in [0.25, 0.3) is 28.0 Å². The van der Waals surface area contributed by atoms with Gasteiger partial charge in [0.1, 0.15) is 11.4 Å². The minimum absolute atomic E-state index is 0.0611. The first kappa shape index (κ1) is 26.1. The summed E-state index contributed by atoms with van der Waals surface area (Å²) in [6.45, 7) is 3.16. The van der Waals surface area contributed by atoms with Crippen LogP contribution >= 0.6 is 0 Å². The molecule has 3 heterocycles. The maximum atomic E-state index is 15.1. The summed E-state index contributed by atoms with van der Waals surface area (Å²) in [6, 6.07) is 13.2. The zero-order valence-electron chi connectivity index (χ0n) is 21.1. The molecular weight excluding hydrogens is 514 g/mol. The van der Waals surface area contributed by atoms with Crippen molar-refractivity contribution < 1.29 is 27.5 Å². The summed E-state index contributed by atoms with van der Waals surface area (Å²) in [4.78, 5) is 17.9. The van der Waals surface area contributed by atoms with Gasteiger partial charge in [0.15, 0.2) is 5.65 Å². The van der Waals surface area contributed by atoms with Gasteiger partial charge in [-0.25, -0.2) is 9.37 Å². The molecule has 0 bridgehead atoms. The number of fused-ring (bicyclic) bond motifs is 1. The Kier molecular flexibility index (Phi) is 6.26. The van der Waals surface area contributed by atoms with Crippen molar-refractivity contribution in [2.24, 2.45) is 7.05 Å². The van der Waals surface area contributed by atoms with E-state index < -0.39 is 40.2 Å². The summed E-state index contributed by atoms with van der Waals surface area (Å²) >= 11 is 0. The smallest absolute Gasteiger partial charge is 0.384 e. The third-order valence-corrected chi connectivity index (χ3v) is 6.28. The predicted molar refractivity (Wildman–Crippen MR) is 137 cm³/mol. The van der Waals surface area contributed by atoms with Gasteiger partial charge in [0, 0.05) is 30.6 Å². The number of aromatic nitrogens is 4. The number of amides is 1. The third kappa shape index (κ3) is 4.88. The van der Waals surface area contributed by atoms with Gasteiger partial charge >= 0.3 is 6.18 Å². The highest BCUT2D eigenvalue weighted by Gasteiger charge is 2.36. The first-order valence-electron chi connectivity index (χ1n) is 11.8. The van der Waals surface area contributed by atoms with Gasteiger partial charge in [-0.15, -0.1) is 0 Å². The highest BCUT2D eigenvalue weighted by Crippen LogP contribution is 2.39. The number of pyridine rings is 1. The second-order valence-electron chi connectivity index (χ2n) is 9.57. The number of aliphatic hydroxyl groups is 1. The van der Waals surface area contributed by atoms with E-state index in [1.807, 2.05) is 6.07 Å². The lowest BCUT2D eigenvalue weighted by molar-refractivity contribution is -0.137. The van der Waals surface area contributed by atoms with Crippen molar-refractivity contribution in [3.8, 4) is 22.4 Å². The molecule has 0 saturated carbocycles. The summed E-state index contributed by atoms with van der Waals surface area (Å²) in [5, 5.41) is 17.3. The molecule has 1 amide bonds. The van der Waals surface area contributed by atoms with Gasteiger partial charge in [-0.3, -0.25) is 13.9 Å². The van der Waals surface area contributed by atoms with Crippen LogP contribution in [-0.4, -0.2) is 30.2 Å². The Morgan fingerprint density at radius 2 is 1.72 bits per heavy atom.